The number of amides is 1. The fraction of sp³-hybridized carbons (Fsp3) is 0.941. The van der Waals surface area contributed by atoms with Gasteiger partial charge in [0.25, 0.3) is 0 Å². The van der Waals surface area contributed by atoms with Crippen LogP contribution in [0.5, 0.6) is 0 Å². The molecule has 1 saturated heterocycles. The van der Waals surface area contributed by atoms with E-state index in [1.165, 1.54) is 0 Å². The van der Waals surface area contributed by atoms with Crippen molar-refractivity contribution in [1.29, 1.82) is 0 Å². The number of thiol groups is 1. The lowest BCUT2D eigenvalue weighted by Gasteiger charge is -2.32. The molecule has 0 saturated carbocycles. The van der Waals surface area contributed by atoms with Crippen molar-refractivity contribution >= 4 is 18.5 Å². The first kappa shape index (κ1) is 19.8. The van der Waals surface area contributed by atoms with E-state index in [1.807, 2.05) is 0 Å². The number of carbonyl (C=O) groups is 1. The summed E-state index contributed by atoms with van der Waals surface area (Å²) in [6.07, 6.45) is 5.52. The van der Waals surface area contributed by atoms with E-state index >= 15 is 0 Å². The van der Waals surface area contributed by atoms with Crippen molar-refractivity contribution in [2.75, 3.05) is 32.8 Å². The van der Waals surface area contributed by atoms with Gasteiger partial charge in [-0.15, -0.1) is 0 Å². The zero-order chi connectivity index (χ0) is 16.4. The van der Waals surface area contributed by atoms with Crippen LogP contribution < -0.4 is 5.32 Å². The van der Waals surface area contributed by atoms with Gasteiger partial charge in [-0.2, -0.15) is 12.6 Å². The van der Waals surface area contributed by atoms with E-state index in [0.29, 0.717) is 11.4 Å². The van der Waals surface area contributed by atoms with Crippen LogP contribution in [0.3, 0.4) is 0 Å². The molecular formula is C17H34N2O2S. The number of nitrogens with zero attached hydrogens (tertiary/aromatic N) is 1. The average Bonchev–Trinajstić information content (AvgIpc) is 2.46. The van der Waals surface area contributed by atoms with E-state index in [4.69, 9.17) is 4.74 Å². The summed E-state index contributed by atoms with van der Waals surface area (Å²) in [5.41, 5.74) is 0. The molecule has 1 aliphatic heterocycles. The van der Waals surface area contributed by atoms with Gasteiger partial charge in [-0.25, -0.2) is 0 Å². The highest BCUT2D eigenvalue weighted by atomic mass is 32.1. The summed E-state index contributed by atoms with van der Waals surface area (Å²) in [7, 11) is 0. The lowest BCUT2D eigenvalue weighted by molar-refractivity contribution is -0.126. The van der Waals surface area contributed by atoms with Crippen molar-refractivity contribution in [2.45, 2.75) is 64.2 Å². The summed E-state index contributed by atoms with van der Waals surface area (Å²) < 4.78 is 5.50. The van der Waals surface area contributed by atoms with Gasteiger partial charge in [0.2, 0.25) is 5.91 Å². The van der Waals surface area contributed by atoms with Gasteiger partial charge >= 0.3 is 0 Å². The molecule has 4 nitrogen and oxygen atoms in total. The van der Waals surface area contributed by atoms with Crippen LogP contribution in [0.15, 0.2) is 0 Å². The van der Waals surface area contributed by atoms with Crippen LogP contribution in [0.2, 0.25) is 0 Å². The summed E-state index contributed by atoms with van der Waals surface area (Å²) in [5, 5.41) is 3.50. The standard InChI is InChI=1S/C17H34N2O2S/c1-14(2)21-12-6-4-5-9-18-17(20)16-7-10-19(11-8-16)13-15(3)22/h14-16,22H,4-13H2,1-3H3,(H,18,20). The Morgan fingerprint density at radius 3 is 2.50 bits per heavy atom. The van der Waals surface area contributed by atoms with Crippen molar-refractivity contribution in [3.63, 3.8) is 0 Å². The Kier molecular flexibility index (Phi) is 10.2. The topological polar surface area (TPSA) is 41.6 Å². The molecule has 1 amide bonds. The van der Waals surface area contributed by atoms with Gasteiger partial charge in [0.15, 0.2) is 0 Å². The maximum Gasteiger partial charge on any atom is 0.223 e. The van der Waals surface area contributed by atoms with Crippen LogP contribution in [0.1, 0.15) is 52.9 Å². The Balaban J connectivity index is 2.02. The largest absolute Gasteiger partial charge is 0.379 e. The summed E-state index contributed by atoms with van der Waals surface area (Å²) >= 11 is 4.43. The molecule has 0 aromatic carbocycles. The maximum atomic E-state index is 12.1. The molecule has 1 aliphatic rings. The van der Waals surface area contributed by atoms with E-state index in [2.05, 4.69) is 43.6 Å². The number of likely N-dealkylation sites (tertiary alicyclic amines) is 1. The normalized spacial score (nSPS) is 18.6. The van der Waals surface area contributed by atoms with Crippen molar-refractivity contribution in [3.8, 4) is 0 Å². The van der Waals surface area contributed by atoms with E-state index in [9.17, 15) is 4.79 Å². The molecule has 0 aliphatic carbocycles. The summed E-state index contributed by atoms with van der Waals surface area (Å²) in [5.74, 6) is 0.452. The molecule has 0 spiro atoms. The maximum absolute atomic E-state index is 12.1. The zero-order valence-corrected chi connectivity index (χ0v) is 15.4. The van der Waals surface area contributed by atoms with Gasteiger partial charge < -0.3 is 15.0 Å². The number of hydrogen-bond acceptors (Lipinski definition) is 4. The first-order chi connectivity index (χ1) is 10.5. The number of unbranched alkanes of at least 4 members (excludes halogenated alkanes) is 2. The molecule has 0 aromatic rings. The van der Waals surface area contributed by atoms with Crippen molar-refractivity contribution < 1.29 is 9.53 Å². The molecular weight excluding hydrogens is 296 g/mol. The minimum atomic E-state index is 0.204. The van der Waals surface area contributed by atoms with Gasteiger partial charge in [0.1, 0.15) is 0 Å². The van der Waals surface area contributed by atoms with Crippen LogP contribution in [0.4, 0.5) is 0 Å². The molecule has 130 valence electrons. The van der Waals surface area contributed by atoms with Crippen LogP contribution in [0.25, 0.3) is 0 Å². The third-order valence-corrected chi connectivity index (χ3v) is 4.22. The third kappa shape index (κ3) is 9.01. The molecule has 22 heavy (non-hydrogen) atoms. The highest BCUT2D eigenvalue weighted by Gasteiger charge is 2.24. The predicted molar refractivity (Wildman–Crippen MR) is 95.6 cm³/mol. The Morgan fingerprint density at radius 2 is 1.91 bits per heavy atom. The molecule has 0 aromatic heterocycles. The smallest absolute Gasteiger partial charge is 0.223 e. The van der Waals surface area contributed by atoms with E-state index in [0.717, 1.165) is 64.9 Å². The molecule has 0 radical (unpaired) electrons. The highest BCUT2D eigenvalue weighted by Crippen LogP contribution is 2.18. The van der Waals surface area contributed by atoms with Crippen LogP contribution in [-0.4, -0.2) is 54.9 Å². The molecule has 1 atom stereocenters. The van der Waals surface area contributed by atoms with Gasteiger partial charge in [-0.05, 0) is 59.0 Å². The lowest BCUT2D eigenvalue weighted by atomic mass is 9.96. The lowest BCUT2D eigenvalue weighted by Crippen LogP contribution is -2.42. The second-order valence-electron chi connectivity index (χ2n) is 6.70. The third-order valence-electron chi connectivity index (χ3n) is 4.05. The van der Waals surface area contributed by atoms with E-state index in [1.54, 1.807) is 0 Å². The Bertz CT molecular complexity index is 303. The van der Waals surface area contributed by atoms with Crippen molar-refractivity contribution in [2.24, 2.45) is 5.92 Å². The molecule has 1 fully saturated rings. The Labute approximate surface area is 141 Å². The summed E-state index contributed by atoms with van der Waals surface area (Å²) in [4.78, 5) is 14.5. The second kappa shape index (κ2) is 11.3. The van der Waals surface area contributed by atoms with Gasteiger partial charge in [0.05, 0.1) is 6.10 Å². The first-order valence-corrected chi connectivity index (χ1v) is 9.30. The Morgan fingerprint density at radius 1 is 1.23 bits per heavy atom. The minimum absolute atomic E-state index is 0.204. The number of carbonyl (C=O) groups excluding carboxylic acids is 1. The predicted octanol–water partition coefficient (Wildman–Crippen LogP) is 2.73. The second-order valence-corrected chi connectivity index (χ2v) is 7.58. The highest BCUT2D eigenvalue weighted by molar-refractivity contribution is 7.80. The average molecular weight is 331 g/mol. The minimum Gasteiger partial charge on any atom is -0.379 e. The van der Waals surface area contributed by atoms with Gasteiger partial charge in [-0.3, -0.25) is 4.79 Å². The molecule has 1 heterocycles. The fourth-order valence-corrected chi connectivity index (χ4v) is 3.06. The molecule has 1 rings (SSSR count). The summed E-state index contributed by atoms with van der Waals surface area (Å²) in [6, 6.07) is 0. The SMILES string of the molecule is CC(S)CN1CCC(C(=O)NCCCCCOC(C)C)CC1. The van der Waals surface area contributed by atoms with E-state index < -0.39 is 0 Å². The first-order valence-electron chi connectivity index (χ1n) is 8.78. The molecule has 1 unspecified atom stereocenters. The van der Waals surface area contributed by atoms with Gasteiger partial charge in [-0.1, -0.05) is 6.92 Å². The van der Waals surface area contributed by atoms with Crippen molar-refractivity contribution in [3.05, 3.63) is 0 Å². The molecule has 1 N–H and O–H groups in total. The van der Waals surface area contributed by atoms with E-state index in [-0.39, 0.29) is 11.8 Å². The number of ether oxygens (including phenoxy) is 1. The zero-order valence-electron chi connectivity index (χ0n) is 14.5. The number of hydrogen-bond donors (Lipinski definition) is 2. The monoisotopic (exact) mass is 330 g/mol. The van der Waals surface area contributed by atoms with Crippen LogP contribution in [0, 0.1) is 5.92 Å². The van der Waals surface area contributed by atoms with Crippen molar-refractivity contribution in [1.82, 2.24) is 10.2 Å². The number of nitrogens with one attached hydrogen (secondary N) is 1. The fourth-order valence-electron chi connectivity index (χ4n) is 2.83. The molecule has 5 heteroatoms. The Hall–Kier alpha value is -0.260. The van der Waals surface area contributed by atoms with Gasteiger partial charge in [0, 0.05) is 30.9 Å². The molecule has 0 bridgehead atoms. The quantitative estimate of drug-likeness (QED) is 0.478. The van der Waals surface area contributed by atoms with Crippen LogP contribution >= 0.6 is 12.6 Å². The number of piperidine rings is 1. The number of rotatable bonds is 10. The van der Waals surface area contributed by atoms with Crippen LogP contribution in [-0.2, 0) is 9.53 Å². The summed E-state index contributed by atoms with van der Waals surface area (Å²) in [6.45, 7) is 10.9.